The van der Waals surface area contributed by atoms with Gasteiger partial charge in [0.1, 0.15) is 17.1 Å². The van der Waals surface area contributed by atoms with Gasteiger partial charge in [-0.3, -0.25) is 15.1 Å². The summed E-state index contributed by atoms with van der Waals surface area (Å²) in [4.78, 5) is 41.6. The molecule has 0 saturated carbocycles. The second-order valence-electron chi connectivity index (χ2n) is 8.70. The molecule has 2 N–H and O–H groups in total. The molecule has 0 radical (unpaired) electrons. The van der Waals surface area contributed by atoms with Crippen molar-refractivity contribution in [3.63, 3.8) is 0 Å². The molecule has 0 aliphatic carbocycles. The van der Waals surface area contributed by atoms with Crippen molar-refractivity contribution in [3.8, 4) is 0 Å². The minimum Gasteiger partial charge on any atom is -0.352 e. The van der Waals surface area contributed by atoms with Crippen LogP contribution in [0.2, 0.25) is 5.02 Å². The van der Waals surface area contributed by atoms with Crippen LogP contribution in [0.5, 0.6) is 0 Å². The van der Waals surface area contributed by atoms with E-state index in [2.05, 4.69) is 20.7 Å². The Hall–Kier alpha value is -3.30. The van der Waals surface area contributed by atoms with Crippen LogP contribution in [0.1, 0.15) is 12.8 Å². The van der Waals surface area contributed by atoms with Crippen LogP contribution in [0.15, 0.2) is 60.4 Å². The number of hydroxylamine groups is 1. The molecule has 10 heteroatoms. The van der Waals surface area contributed by atoms with Gasteiger partial charge in [-0.05, 0) is 30.3 Å². The highest BCUT2D eigenvalue weighted by Gasteiger charge is 2.42. The summed E-state index contributed by atoms with van der Waals surface area (Å²) in [6.07, 6.45) is 4.85. The molecule has 2 saturated heterocycles. The third-order valence-corrected chi connectivity index (χ3v) is 6.82. The van der Waals surface area contributed by atoms with E-state index in [9.17, 15) is 9.59 Å². The lowest BCUT2D eigenvalue weighted by atomic mass is 9.91. The average molecular weight is 483 g/mol. The zero-order valence-electron chi connectivity index (χ0n) is 18.7. The number of anilines is 2. The number of amides is 3. The number of piperazine rings is 1. The van der Waals surface area contributed by atoms with E-state index in [-0.39, 0.29) is 11.9 Å². The summed E-state index contributed by atoms with van der Waals surface area (Å²) in [6.45, 7) is 3.56. The number of halogens is 1. The third-order valence-electron chi connectivity index (χ3n) is 6.53. The van der Waals surface area contributed by atoms with Gasteiger partial charge in [0.05, 0.1) is 5.02 Å². The summed E-state index contributed by atoms with van der Waals surface area (Å²) in [7, 11) is 0. The molecular formula is C24H27ClN6O3. The molecule has 9 nitrogen and oxygen atoms in total. The second-order valence-corrected chi connectivity index (χ2v) is 9.11. The van der Waals surface area contributed by atoms with E-state index in [4.69, 9.17) is 16.4 Å². The minimum atomic E-state index is -0.572. The number of urea groups is 1. The van der Waals surface area contributed by atoms with E-state index in [0.717, 1.165) is 11.5 Å². The topological polar surface area (TPSA) is 90.0 Å². The fourth-order valence-electron chi connectivity index (χ4n) is 4.54. The van der Waals surface area contributed by atoms with Gasteiger partial charge in [-0.1, -0.05) is 29.8 Å². The van der Waals surface area contributed by atoms with Gasteiger partial charge in [0.25, 0.3) is 5.91 Å². The SMILES string of the molecule is O=C(Nc1ccccc1)N1CCC2(C=C(C(=O)N3CCN(c4ncccc4Cl)CC3)NO2)CC1. The van der Waals surface area contributed by atoms with Crippen LogP contribution in [0.3, 0.4) is 0 Å². The highest BCUT2D eigenvalue weighted by Crippen LogP contribution is 2.33. The lowest BCUT2D eigenvalue weighted by Crippen LogP contribution is -2.50. The Kier molecular flexibility index (Phi) is 6.30. The van der Waals surface area contributed by atoms with Gasteiger partial charge in [-0.2, -0.15) is 0 Å². The third kappa shape index (κ3) is 4.67. The molecule has 0 bridgehead atoms. The van der Waals surface area contributed by atoms with E-state index in [1.807, 2.05) is 47.4 Å². The first-order chi connectivity index (χ1) is 16.5. The molecule has 0 atom stereocenters. The molecule has 1 spiro atoms. The maximum Gasteiger partial charge on any atom is 0.321 e. The van der Waals surface area contributed by atoms with Crippen LogP contribution in [-0.4, -0.2) is 71.6 Å². The van der Waals surface area contributed by atoms with Crippen LogP contribution < -0.4 is 15.7 Å². The van der Waals surface area contributed by atoms with Crippen LogP contribution in [-0.2, 0) is 9.63 Å². The highest BCUT2D eigenvalue weighted by molar-refractivity contribution is 6.32. The van der Waals surface area contributed by atoms with E-state index in [1.165, 1.54) is 0 Å². The molecule has 3 aliphatic heterocycles. The van der Waals surface area contributed by atoms with Crippen LogP contribution in [0, 0.1) is 0 Å². The number of nitrogens with one attached hydrogen (secondary N) is 2. The molecule has 1 aromatic heterocycles. The van der Waals surface area contributed by atoms with Gasteiger partial charge in [0.15, 0.2) is 0 Å². The predicted octanol–water partition coefficient (Wildman–Crippen LogP) is 2.87. The molecule has 2 fully saturated rings. The molecule has 178 valence electrons. The number of nitrogens with zero attached hydrogens (tertiary/aromatic N) is 4. The van der Waals surface area contributed by atoms with Crippen molar-refractivity contribution in [2.24, 2.45) is 0 Å². The Bertz CT molecular complexity index is 1080. The maximum absolute atomic E-state index is 13.1. The summed E-state index contributed by atoms with van der Waals surface area (Å²) in [5.41, 5.74) is 3.51. The zero-order chi connectivity index (χ0) is 23.5. The Morgan fingerprint density at radius 2 is 1.71 bits per heavy atom. The summed E-state index contributed by atoms with van der Waals surface area (Å²) in [6, 6.07) is 12.9. The average Bonchev–Trinajstić information content (AvgIpc) is 3.28. The van der Waals surface area contributed by atoms with E-state index >= 15 is 0 Å². The molecule has 5 rings (SSSR count). The van der Waals surface area contributed by atoms with Gasteiger partial charge >= 0.3 is 6.03 Å². The van der Waals surface area contributed by atoms with Crippen molar-refractivity contribution in [3.05, 3.63) is 65.5 Å². The number of carbonyl (C=O) groups excluding carboxylic acids is 2. The largest absolute Gasteiger partial charge is 0.352 e. The van der Waals surface area contributed by atoms with E-state index in [1.54, 1.807) is 17.2 Å². The number of carbonyl (C=O) groups is 2. The Morgan fingerprint density at radius 3 is 2.41 bits per heavy atom. The van der Waals surface area contributed by atoms with Crippen LogP contribution in [0.4, 0.5) is 16.3 Å². The first-order valence-corrected chi connectivity index (χ1v) is 11.8. The number of hydrogen-bond donors (Lipinski definition) is 2. The number of likely N-dealkylation sites (tertiary alicyclic amines) is 1. The Labute approximate surface area is 203 Å². The summed E-state index contributed by atoms with van der Waals surface area (Å²) in [5, 5.41) is 3.53. The van der Waals surface area contributed by atoms with Crippen LogP contribution >= 0.6 is 11.6 Å². The highest BCUT2D eigenvalue weighted by atomic mass is 35.5. The molecule has 3 amide bonds. The first kappa shape index (κ1) is 22.5. The molecule has 1 aromatic carbocycles. The Balaban J connectivity index is 1.14. The minimum absolute atomic E-state index is 0.0760. The predicted molar refractivity (Wildman–Crippen MR) is 129 cm³/mol. The fraction of sp³-hybridized carbons (Fsp3) is 0.375. The summed E-state index contributed by atoms with van der Waals surface area (Å²) >= 11 is 6.26. The number of rotatable bonds is 3. The molecular weight excluding hydrogens is 456 g/mol. The number of piperidine rings is 1. The molecule has 2 aromatic rings. The molecule has 3 aliphatic rings. The van der Waals surface area contributed by atoms with Crippen molar-refractivity contribution < 1.29 is 14.4 Å². The van der Waals surface area contributed by atoms with Gasteiger partial charge in [0.2, 0.25) is 0 Å². The Morgan fingerprint density at radius 1 is 0.971 bits per heavy atom. The zero-order valence-corrected chi connectivity index (χ0v) is 19.5. The van der Waals surface area contributed by atoms with Gasteiger partial charge in [0, 0.05) is 64.0 Å². The van der Waals surface area contributed by atoms with Gasteiger partial charge in [-0.25, -0.2) is 9.78 Å². The van der Waals surface area contributed by atoms with Gasteiger partial charge < -0.3 is 20.0 Å². The maximum atomic E-state index is 13.1. The van der Waals surface area contributed by atoms with Crippen molar-refractivity contribution in [2.75, 3.05) is 49.5 Å². The van der Waals surface area contributed by atoms with Crippen LogP contribution in [0.25, 0.3) is 0 Å². The van der Waals surface area contributed by atoms with Gasteiger partial charge in [-0.15, -0.1) is 0 Å². The number of para-hydroxylation sites is 1. The first-order valence-electron chi connectivity index (χ1n) is 11.5. The monoisotopic (exact) mass is 482 g/mol. The molecule has 0 unspecified atom stereocenters. The van der Waals surface area contributed by atoms with Crippen molar-refractivity contribution in [2.45, 2.75) is 18.4 Å². The number of benzene rings is 1. The normalized spacial score (nSPS) is 19.6. The lowest BCUT2D eigenvalue weighted by Gasteiger charge is -2.36. The number of aromatic nitrogens is 1. The van der Waals surface area contributed by atoms with Crippen molar-refractivity contribution in [1.29, 1.82) is 0 Å². The quantitative estimate of drug-likeness (QED) is 0.699. The molecule has 4 heterocycles. The fourth-order valence-corrected chi connectivity index (χ4v) is 4.79. The van der Waals surface area contributed by atoms with E-state index < -0.39 is 5.60 Å². The number of pyridine rings is 1. The summed E-state index contributed by atoms with van der Waals surface area (Å²) in [5.74, 6) is 0.674. The van der Waals surface area contributed by atoms with Crippen molar-refractivity contribution >= 4 is 35.0 Å². The standard InChI is InChI=1S/C24H27ClN6O3/c25-19-7-4-10-26-21(19)29-13-15-30(16-14-29)22(32)20-17-24(34-28-20)8-11-31(12-9-24)23(33)27-18-5-2-1-3-6-18/h1-7,10,17,28H,8-9,11-16H2,(H,27,33). The molecule has 34 heavy (non-hydrogen) atoms. The van der Waals surface area contributed by atoms with E-state index in [0.29, 0.717) is 62.8 Å². The number of hydrogen-bond acceptors (Lipinski definition) is 6. The smallest absolute Gasteiger partial charge is 0.321 e. The second kappa shape index (κ2) is 9.52. The lowest BCUT2D eigenvalue weighted by molar-refractivity contribution is -0.129. The summed E-state index contributed by atoms with van der Waals surface area (Å²) < 4.78 is 0. The van der Waals surface area contributed by atoms with Crippen molar-refractivity contribution in [1.82, 2.24) is 20.3 Å².